The lowest BCUT2D eigenvalue weighted by Crippen LogP contribution is -2.33. The first-order chi connectivity index (χ1) is 16.2. The molecule has 0 spiro atoms. The summed E-state index contributed by atoms with van der Waals surface area (Å²) in [4.78, 5) is 24.2. The third kappa shape index (κ3) is 4.07. The largest absolute Gasteiger partial charge is 0.497 e. The number of nitrogens with one attached hydrogen (secondary N) is 1. The van der Waals surface area contributed by atoms with E-state index in [0.29, 0.717) is 24.5 Å². The van der Waals surface area contributed by atoms with E-state index in [0.717, 1.165) is 34.7 Å². The fourth-order valence-electron chi connectivity index (χ4n) is 4.26. The van der Waals surface area contributed by atoms with Crippen LogP contribution in [-0.2, 0) is 0 Å². The Bertz CT molecular complexity index is 1280. The van der Waals surface area contributed by atoms with Gasteiger partial charge in [0.15, 0.2) is 5.65 Å². The van der Waals surface area contributed by atoms with Gasteiger partial charge in [0.25, 0.3) is 0 Å². The molecule has 0 saturated carbocycles. The van der Waals surface area contributed by atoms with Crippen molar-refractivity contribution in [3.05, 3.63) is 66.9 Å². The fourth-order valence-corrected chi connectivity index (χ4v) is 4.26. The number of hydrogen-bond donors (Lipinski definition) is 1. The van der Waals surface area contributed by atoms with Crippen molar-refractivity contribution in [1.82, 2.24) is 19.4 Å². The van der Waals surface area contributed by atoms with Gasteiger partial charge >= 0.3 is 6.03 Å². The Balaban J connectivity index is 1.41. The maximum Gasteiger partial charge on any atom is 0.321 e. The number of urea groups is 1. The van der Waals surface area contributed by atoms with E-state index in [1.807, 2.05) is 59.5 Å². The van der Waals surface area contributed by atoms with Crippen molar-refractivity contribution >= 4 is 22.9 Å². The van der Waals surface area contributed by atoms with Crippen LogP contribution in [0.1, 0.15) is 12.5 Å². The predicted octanol–water partition coefficient (Wildman–Crippen LogP) is 4.59. The minimum Gasteiger partial charge on any atom is -0.497 e. The van der Waals surface area contributed by atoms with Crippen molar-refractivity contribution < 1.29 is 14.3 Å². The maximum atomic E-state index is 12.9. The number of likely N-dealkylation sites (tertiary alicyclic amines) is 1. The Hall–Kier alpha value is -4.07. The van der Waals surface area contributed by atoms with Crippen LogP contribution in [0.25, 0.3) is 22.6 Å². The molecule has 1 aliphatic heterocycles. The van der Waals surface area contributed by atoms with Gasteiger partial charge in [0, 0.05) is 36.6 Å². The molecule has 0 radical (unpaired) electrons. The minimum absolute atomic E-state index is 0.0676. The number of methoxy groups -OCH3 is 2. The Morgan fingerprint density at radius 1 is 1.03 bits per heavy atom. The molecule has 33 heavy (non-hydrogen) atoms. The molecule has 3 heterocycles. The highest BCUT2D eigenvalue weighted by Crippen LogP contribution is 2.33. The number of aromatic nitrogens is 3. The molecule has 2 aromatic heterocycles. The number of carbonyl (C=O) groups excluding carboxylic acids is 1. The predicted molar refractivity (Wildman–Crippen MR) is 127 cm³/mol. The van der Waals surface area contributed by atoms with Gasteiger partial charge in [-0.2, -0.15) is 0 Å². The summed E-state index contributed by atoms with van der Waals surface area (Å²) >= 11 is 0. The second-order valence-electron chi connectivity index (χ2n) is 7.93. The van der Waals surface area contributed by atoms with E-state index in [9.17, 15) is 4.79 Å². The molecule has 2 amide bonds. The average Bonchev–Trinajstić information content (AvgIpc) is 3.49. The number of rotatable bonds is 5. The summed E-state index contributed by atoms with van der Waals surface area (Å²) in [6.07, 6.45) is 2.59. The van der Waals surface area contributed by atoms with E-state index in [1.165, 1.54) is 0 Å². The van der Waals surface area contributed by atoms with Gasteiger partial charge in [0.05, 0.1) is 20.3 Å². The van der Waals surface area contributed by atoms with Crippen molar-refractivity contribution in [3.8, 4) is 22.9 Å². The summed E-state index contributed by atoms with van der Waals surface area (Å²) in [6.45, 7) is 1.22. The lowest BCUT2D eigenvalue weighted by molar-refractivity contribution is 0.221. The molecule has 1 fully saturated rings. The Labute approximate surface area is 191 Å². The summed E-state index contributed by atoms with van der Waals surface area (Å²) < 4.78 is 12.7. The molecule has 1 aliphatic rings. The van der Waals surface area contributed by atoms with E-state index >= 15 is 0 Å². The van der Waals surface area contributed by atoms with Crippen LogP contribution in [-0.4, -0.2) is 52.8 Å². The SMILES string of the molecule is COc1ccc(-c2nc3cccnc3n2[C@@H]2CCN(C(=O)Nc3cccc(OC)c3)C2)cc1. The van der Waals surface area contributed by atoms with Crippen molar-refractivity contribution in [3.63, 3.8) is 0 Å². The minimum atomic E-state index is -0.130. The van der Waals surface area contributed by atoms with Crippen molar-refractivity contribution in [2.24, 2.45) is 0 Å². The third-order valence-electron chi connectivity index (χ3n) is 5.93. The van der Waals surface area contributed by atoms with Gasteiger partial charge in [0.1, 0.15) is 22.8 Å². The van der Waals surface area contributed by atoms with Crippen LogP contribution < -0.4 is 14.8 Å². The van der Waals surface area contributed by atoms with Gasteiger partial charge in [0.2, 0.25) is 0 Å². The smallest absolute Gasteiger partial charge is 0.321 e. The van der Waals surface area contributed by atoms with E-state index in [4.69, 9.17) is 14.5 Å². The first kappa shape index (κ1) is 20.8. The van der Waals surface area contributed by atoms with Crippen LogP contribution in [0.4, 0.5) is 10.5 Å². The summed E-state index contributed by atoms with van der Waals surface area (Å²) in [5.41, 5.74) is 3.34. The zero-order valence-corrected chi connectivity index (χ0v) is 18.6. The molecule has 0 aliphatic carbocycles. The fraction of sp³-hybridized carbons (Fsp3) is 0.240. The molecule has 4 aromatic rings. The average molecular weight is 444 g/mol. The topological polar surface area (TPSA) is 81.5 Å². The second kappa shape index (κ2) is 8.82. The first-order valence-electron chi connectivity index (χ1n) is 10.8. The van der Waals surface area contributed by atoms with Gasteiger partial charge < -0.3 is 24.3 Å². The third-order valence-corrected chi connectivity index (χ3v) is 5.93. The van der Waals surface area contributed by atoms with Crippen LogP contribution in [0.3, 0.4) is 0 Å². The van der Waals surface area contributed by atoms with Gasteiger partial charge in [-0.1, -0.05) is 6.07 Å². The van der Waals surface area contributed by atoms with Crippen LogP contribution in [0.2, 0.25) is 0 Å². The monoisotopic (exact) mass is 443 g/mol. The number of carbonyl (C=O) groups is 1. The zero-order chi connectivity index (χ0) is 22.8. The number of benzene rings is 2. The molecular weight excluding hydrogens is 418 g/mol. The Morgan fingerprint density at radius 2 is 1.85 bits per heavy atom. The standard InChI is InChI=1S/C25H25N5O3/c1-32-20-10-8-17(9-11-20)23-28-22-7-4-13-26-24(22)30(23)19-12-14-29(16-19)25(31)27-18-5-3-6-21(15-18)33-2/h3-11,13,15,19H,12,14,16H2,1-2H3,(H,27,31)/t19-/m1/s1. The van der Waals surface area contributed by atoms with Crippen LogP contribution in [0.5, 0.6) is 11.5 Å². The summed E-state index contributed by atoms with van der Waals surface area (Å²) in [5.74, 6) is 2.33. The lowest BCUT2D eigenvalue weighted by atomic mass is 10.2. The number of pyridine rings is 1. The number of amides is 2. The number of fused-ring (bicyclic) bond motifs is 1. The quantitative estimate of drug-likeness (QED) is 0.488. The maximum absolute atomic E-state index is 12.9. The number of nitrogens with zero attached hydrogens (tertiary/aromatic N) is 4. The Morgan fingerprint density at radius 3 is 2.64 bits per heavy atom. The van der Waals surface area contributed by atoms with Gasteiger partial charge in [-0.15, -0.1) is 0 Å². The number of hydrogen-bond acceptors (Lipinski definition) is 5. The zero-order valence-electron chi connectivity index (χ0n) is 18.6. The Kier molecular flexibility index (Phi) is 5.56. The highest BCUT2D eigenvalue weighted by Gasteiger charge is 2.31. The normalized spacial score (nSPS) is 15.6. The molecule has 5 rings (SSSR count). The first-order valence-corrected chi connectivity index (χ1v) is 10.8. The van der Waals surface area contributed by atoms with Crippen LogP contribution in [0.15, 0.2) is 66.9 Å². The second-order valence-corrected chi connectivity index (χ2v) is 7.93. The molecule has 0 unspecified atom stereocenters. The molecule has 1 saturated heterocycles. The number of anilines is 1. The summed E-state index contributed by atoms with van der Waals surface area (Å²) in [6, 6.07) is 19.0. The molecular formula is C25H25N5O3. The lowest BCUT2D eigenvalue weighted by Gasteiger charge is -2.19. The van der Waals surface area contributed by atoms with Crippen LogP contribution >= 0.6 is 0 Å². The van der Waals surface area contributed by atoms with E-state index in [-0.39, 0.29) is 12.1 Å². The van der Waals surface area contributed by atoms with E-state index < -0.39 is 0 Å². The highest BCUT2D eigenvalue weighted by molar-refractivity contribution is 5.89. The molecule has 1 N–H and O–H groups in total. The molecule has 8 heteroatoms. The molecule has 1 atom stereocenters. The summed E-state index contributed by atoms with van der Waals surface area (Å²) in [7, 11) is 3.26. The van der Waals surface area contributed by atoms with Gasteiger partial charge in [-0.05, 0) is 55.0 Å². The molecule has 8 nitrogen and oxygen atoms in total. The molecule has 0 bridgehead atoms. The van der Waals surface area contributed by atoms with Gasteiger partial charge in [-0.3, -0.25) is 0 Å². The van der Waals surface area contributed by atoms with Crippen LogP contribution in [0, 0.1) is 0 Å². The summed E-state index contributed by atoms with van der Waals surface area (Å²) in [5, 5.41) is 2.97. The highest BCUT2D eigenvalue weighted by atomic mass is 16.5. The number of imidazole rings is 1. The van der Waals surface area contributed by atoms with Crippen molar-refractivity contribution in [2.45, 2.75) is 12.5 Å². The molecule has 2 aromatic carbocycles. The molecule has 168 valence electrons. The van der Waals surface area contributed by atoms with Crippen molar-refractivity contribution in [1.29, 1.82) is 0 Å². The van der Waals surface area contributed by atoms with Gasteiger partial charge in [-0.25, -0.2) is 14.8 Å². The van der Waals surface area contributed by atoms with E-state index in [1.54, 1.807) is 26.5 Å². The number of ether oxygens (including phenoxy) is 2. The van der Waals surface area contributed by atoms with E-state index in [2.05, 4.69) is 14.9 Å². The van der Waals surface area contributed by atoms with Crippen molar-refractivity contribution in [2.75, 3.05) is 32.6 Å².